The zero-order valence-electron chi connectivity index (χ0n) is 14.8. The van der Waals surface area contributed by atoms with E-state index in [4.69, 9.17) is 9.26 Å². The van der Waals surface area contributed by atoms with Crippen LogP contribution in [0.2, 0.25) is 0 Å². The number of hydrogen-bond acceptors (Lipinski definition) is 6. The molecule has 3 aromatic rings. The summed E-state index contributed by atoms with van der Waals surface area (Å²) < 4.78 is 10.6. The van der Waals surface area contributed by atoms with Crippen molar-refractivity contribution in [3.05, 3.63) is 66.1 Å². The van der Waals surface area contributed by atoms with Gasteiger partial charge in [0.2, 0.25) is 11.7 Å². The maximum Gasteiger partial charge on any atom is 0.274 e. The molecule has 0 fully saturated rings. The Morgan fingerprint density at radius 2 is 1.96 bits per heavy atom. The minimum Gasteiger partial charge on any atom is -0.497 e. The van der Waals surface area contributed by atoms with Gasteiger partial charge in [-0.1, -0.05) is 47.6 Å². The molecular weight excluding hydrogens is 344 g/mol. The molecule has 136 valence electrons. The predicted molar refractivity (Wildman–Crippen MR) is 99.0 cm³/mol. The normalized spacial score (nSPS) is 14.2. The van der Waals surface area contributed by atoms with E-state index in [0.29, 0.717) is 42.6 Å². The molecule has 0 saturated carbocycles. The van der Waals surface area contributed by atoms with Crippen molar-refractivity contribution in [3.63, 3.8) is 0 Å². The van der Waals surface area contributed by atoms with Crippen LogP contribution in [0.25, 0.3) is 11.4 Å². The molecule has 1 amide bonds. The summed E-state index contributed by atoms with van der Waals surface area (Å²) in [5.41, 5.74) is 2.42. The summed E-state index contributed by atoms with van der Waals surface area (Å²) in [7, 11) is 1.61. The van der Waals surface area contributed by atoms with E-state index in [2.05, 4.69) is 15.2 Å². The topological polar surface area (TPSA) is 80.8 Å². The van der Waals surface area contributed by atoms with E-state index >= 15 is 0 Å². The highest BCUT2D eigenvalue weighted by molar-refractivity contribution is 6.01. The monoisotopic (exact) mass is 362 g/mol. The number of benzene rings is 2. The number of amides is 1. The Morgan fingerprint density at radius 3 is 2.78 bits per heavy atom. The summed E-state index contributed by atoms with van der Waals surface area (Å²) in [6.45, 7) is 0.417. The van der Waals surface area contributed by atoms with Gasteiger partial charge < -0.3 is 9.26 Å². The summed E-state index contributed by atoms with van der Waals surface area (Å²) in [5.74, 6) is 1.49. The fraction of sp³-hybridized carbons (Fsp3) is 0.200. The fourth-order valence-electron chi connectivity index (χ4n) is 2.86. The molecule has 0 spiro atoms. The zero-order chi connectivity index (χ0) is 18.6. The Balaban J connectivity index is 1.58. The Bertz CT molecular complexity index is 982. The SMILES string of the molecule is COc1cccc(-c2noc(C3=NN(Cc4ccccc4)C(=O)CC3)n2)c1. The lowest BCUT2D eigenvalue weighted by Crippen LogP contribution is -2.31. The minimum absolute atomic E-state index is 0.0184. The highest BCUT2D eigenvalue weighted by Gasteiger charge is 2.25. The average Bonchev–Trinajstić information content (AvgIpc) is 3.21. The molecule has 0 unspecified atom stereocenters. The maximum atomic E-state index is 12.2. The molecule has 0 bridgehead atoms. The minimum atomic E-state index is -0.0184. The number of aromatic nitrogens is 2. The van der Waals surface area contributed by atoms with Crippen molar-refractivity contribution in [2.75, 3.05) is 7.11 Å². The number of methoxy groups -OCH3 is 1. The first-order valence-electron chi connectivity index (χ1n) is 8.63. The molecule has 1 aromatic heterocycles. The summed E-state index contributed by atoms with van der Waals surface area (Å²) >= 11 is 0. The summed E-state index contributed by atoms with van der Waals surface area (Å²) in [6, 6.07) is 17.2. The number of rotatable bonds is 5. The van der Waals surface area contributed by atoms with Crippen LogP contribution in [0.1, 0.15) is 24.3 Å². The molecule has 0 aliphatic carbocycles. The third-order valence-electron chi connectivity index (χ3n) is 4.28. The lowest BCUT2D eigenvalue weighted by Gasteiger charge is -2.22. The molecule has 7 nitrogen and oxygen atoms in total. The number of ether oxygens (including phenoxy) is 1. The van der Waals surface area contributed by atoms with Crippen LogP contribution in [0.15, 0.2) is 64.2 Å². The second-order valence-corrected chi connectivity index (χ2v) is 6.14. The van der Waals surface area contributed by atoms with Gasteiger partial charge in [0, 0.05) is 18.4 Å². The van der Waals surface area contributed by atoms with E-state index < -0.39 is 0 Å². The standard InChI is InChI=1S/C20H18N4O3/c1-26-16-9-5-8-15(12-16)19-21-20(27-23-19)17-10-11-18(25)24(22-17)13-14-6-3-2-4-7-14/h2-9,12H,10-11,13H2,1H3. The van der Waals surface area contributed by atoms with Gasteiger partial charge in [0.05, 0.1) is 13.7 Å². The van der Waals surface area contributed by atoms with Crippen LogP contribution in [0.3, 0.4) is 0 Å². The molecule has 2 aromatic carbocycles. The summed E-state index contributed by atoms with van der Waals surface area (Å²) in [5, 5.41) is 9.95. The van der Waals surface area contributed by atoms with Gasteiger partial charge in [0.1, 0.15) is 11.5 Å². The average molecular weight is 362 g/mol. The maximum absolute atomic E-state index is 12.2. The van der Waals surface area contributed by atoms with Crippen LogP contribution in [-0.4, -0.2) is 33.9 Å². The number of hydrazone groups is 1. The van der Waals surface area contributed by atoms with E-state index in [0.717, 1.165) is 11.1 Å². The number of carbonyl (C=O) groups excluding carboxylic acids is 1. The lowest BCUT2D eigenvalue weighted by molar-refractivity contribution is -0.132. The van der Waals surface area contributed by atoms with Crippen molar-refractivity contribution < 1.29 is 14.1 Å². The van der Waals surface area contributed by atoms with Crippen molar-refractivity contribution in [1.29, 1.82) is 0 Å². The van der Waals surface area contributed by atoms with Crippen molar-refractivity contribution in [2.24, 2.45) is 5.10 Å². The largest absolute Gasteiger partial charge is 0.497 e. The van der Waals surface area contributed by atoms with Gasteiger partial charge in [-0.15, -0.1) is 0 Å². The van der Waals surface area contributed by atoms with Gasteiger partial charge in [0.15, 0.2) is 0 Å². The molecule has 0 atom stereocenters. The highest BCUT2D eigenvalue weighted by Crippen LogP contribution is 2.23. The van der Waals surface area contributed by atoms with Gasteiger partial charge >= 0.3 is 0 Å². The van der Waals surface area contributed by atoms with E-state index in [1.165, 1.54) is 5.01 Å². The zero-order valence-corrected chi connectivity index (χ0v) is 14.8. The van der Waals surface area contributed by atoms with Crippen LogP contribution < -0.4 is 4.74 Å². The predicted octanol–water partition coefficient (Wildman–Crippen LogP) is 3.27. The fourth-order valence-corrected chi connectivity index (χ4v) is 2.86. The first-order valence-corrected chi connectivity index (χ1v) is 8.63. The third-order valence-corrected chi connectivity index (χ3v) is 4.28. The van der Waals surface area contributed by atoms with Crippen LogP contribution in [0, 0.1) is 0 Å². The number of nitrogens with zero attached hydrogens (tertiary/aromatic N) is 4. The smallest absolute Gasteiger partial charge is 0.274 e. The summed E-state index contributed by atoms with van der Waals surface area (Å²) in [6.07, 6.45) is 0.840. The first kappa shape index (κ1) is 17.0. The Kier molecular flexibility index (Phi) is 4.65. The quantitative estimate of drug-likeness (QED) is 0.696. The van der Waals surface area contributed by atoms with Gasteiger partial charge in [-0.25, -0.2) is 5.01 Å². The molecule has 0 radical (unpaired) electrons. The molecule has 1 aliphatic heterocycles. The molecule has 4 rings (SSSR count). The van der Waals surface area contributed by atoms with E-state index in [9.17, 15) is 4.79 Å². The molecular formula is C20H18N4O3. The van der Waals surface area contributed by atoms with Gasteiger partial charge in [0.25, 0.3) is 5.89 Å². The number of hydrogen-bond donors (Lipinski definition) is 0. The Hall–Kier alpha value is -3.48. The van der Waals surface area contributed by atoms with Crippen molar-refractivity contribution in [2.45, 2.75) is 19.4 Å². The van der Waals surface area contributed by atoms with Gasteiger partial charge in [-0.2, -0.15) is 10.1 Å². The molecule has 2 heterocycles. The second-order valence-electron chi connectivity index (χ2n) is 6.14. The van der Waals surface area contributed by atoms with Crippen molar-refractivity contribution in [3.8, 4) is 17.1 Å². The second kappa shape index (κ2) is 7.41. The van der Waals surface area contributed by atoms with Crippen LogP contribution in [0.5, 0.6) is 5.75 Å². The third kappa shape index (κ3) is 3.72. The summed E-state index contributed by atoms with van der Waals surface area (Å²) in [4.78, 5) is 16.7. The van der Waals surface area contributed by atoms with E-state index in [1.807, 2.05) is 54.6 Å². The van der Waals surface area contributed by atoms with Crippen LogP contribution in [0.4, 0.5) is 0 Å². The van der Waals surface area contributed by atoms with E-state index in [-0.39, 0.29) is 5.91 Å². The molecule has 27 heavy (non-hydrogen) atoms. The van der Waals surface area contributed by atoms with Gasteiger partial charge in [-0.05, 0) is 17.7 Å². The van der Waals surface area contributed by atoms with Crippen molar-refractivity contribution >= 4 is 11.6 Å². The Labute approximate surface area is 156 Å². The molecule has 7 heteroatoms. The van der Waals surface area contributed by atoms with Crippen molar-refractivity contribution in [1.82, 2.24) is 15.1 Å². The molecule has 0 saturated heterocycles. The molecule has 0 N–H and O–H groups in total. The first-order chi connectivity index (χ1) is 13.2. The van der Waals surface area contributed by atoms with Crippen LogP contribution in [-0.2, 0) is 11.3 Å². The van der Waals surface area contributed by atoms with E-state index in [1.54, 1.807) is 7.11 Å². The number of carbonyl (C=O) groups is 1. The molecule has 1 aliphatic rings. The lowest BCUT2D eigenvalue weighted by atomic mass is 10.1. The highest BCUT2D eigenvalue weighted by atomic mass is 16.5. The Morgan fingerprint density at radius 1 is 1.11 bits per heavy atom. The van der Waals surface area contributed by atoms with Crippen LogP contribution >= 0.6 is 0 Å². The van der Waals surface area contributed by atoms with Gasteiger partial charge in [-0.3, -0.25) is 4.79 Å².